The number of rotatable bonds is 5. The zero-order chi connectivity index (χ0) is 10.6. The van der Waals surface area contributed by atoms with E-state index >= 15 is 0 Å². The van der Waals surface area contributed by atoms with Crippen molar-refractivity contribution >= 4 is 17.7 Å². The molecule has 0 bridgehead atoms. The van der Waals surface area contributed by atoms with E-state index in [1.807, 2.05) is 6.08 Å². The van der Waals surface area contributed by atoms with Gasteiger partial charge in [-0.2, -0.15) is 0 Å². The van der Waals surface area contributed by atoms with Crippen molar-refractivity contribution in [1.82, 2.24) is 5.32 Å². The minimum Gasteiger partial charge on any atom is -0.349 e. The molecule has 1 rings (SSSR count). The van der Waals surface area contributed by atoms with Gasteiger partial charge in [0.25, 0.3) is 5.91 Å². The van der Waals surface area contributed by atoms with Crippen LogP contribution in [-0.2, 0) is 4.79 Å². The zero-order valence-electron chi connectivity index (χ0n) is 9.17. The highest BCUT2D eigenvalue weighted by molar-refractivity contribution is 8.03. The maximum Gasteiger partial charge on any atom is 0.257 e. The first-order chi connectivity index (χ1) is 6.63. The molecule has 0 heterocycles. The van der Waals surface area contributed by atoms with Gasteiger partial charge in [-0.3, -0.25) is 4.79 Å². The molecular weight excluding hydrogens is 194 g/mol. The molecule has 1 aliphatic carbocycles. The third-order valence-electron chi connectivity index (χ3n) is 1.92. The lowest BCUT2D eigenvalue weighted by atomic mass is 10.2. The molecule has 0 radical (unpaired) electrons. The van der Waals surface area contributed by atoms with Crippen molar-refractivity contribution in [2.75, 3.05) is 5.75 Å². The molecule has 0 aromatic rings. The Kier molecular flexibility index (Phi) is 4.52. The van der Waals surface area contributed by atoms with E-state index in [2.05, 4.69) is 26.1 Å². The fourth-order valence-electron chi connectivity index (χ4n) is 1.13. The van der Waals surface area contributed by atoms with E-state index in [-0.39, 0.29) is 5.91 Å². The lowest BCUT2D eigenvalue weighted by Gasteiger charge is -2.07. The van der Waals surface area contributed by atoms with Crippen LogP contribution in [0.15, 0.2) is 11.0 Å². The normalized spacial score (nSPS) is 17.3. The maximum absolute atomic E-state index is 11.7. The highest BCUT2D eigenvalue weighted by atomic mass is 32.2. The number of hydrogen-bond donors (Lipinski definition) is 1. The highest BCUT2D eigenvalue weighted by Gasteiger charge is 2.24. The molecular formula is C11H19NOS. The average molecular weight is 213 g/mol. The summed E-state index contributed by atoms with van der Waals surface area (Å²) >= 11 is 1.63. The van der Waals surface area contributed by atoms with Gasteiger partial charge in [0.15, 0.2) is 0 Å². The molecule has 0 aliphatic heterocycles. The van der Waals surface area contributed by atoms with Crippen LogP contribution in [0.2, 0.25) is 0 Å². The lowest BCUT2D eigenvalue weighted by Crippen LogP contribution is -2.26. The van der Waals surface area contributed by atoms with Crippen LogP contribution in [0.3, 0.4) is 0 Å². The van der Waals surface area contributed by atoms with Crippen LogP contribution in [0.25, 0.3) is 0 Å². The van der Waals surface area contributed by atoms with Crippen LogP contribution < -0.4 is 5.32 Å². The monoisotopic (exact) mass is 213 g/mol. The molecule has 0 spiro atoms. The van der Waals surface area contributed by atoms with E-state index in [1.165, 1.54) is 0 Å². The average Bonchev–Trinajstić information content (AvgIpc) is 2.86. The van der Waals surface area contributed by atoms with Crippen LogP contribution in [0.1, 0.15) is 33.6 Å². The van der Waals surface area contributed by atoms with Crippen molar-refractivity contribution in [2.45, 2.75) is 39.7 Å². The fourth-order valence-corrected chi connectivity index (χ4v) is 2.00. The Bertz CT molecular complexity index is 231. The topological polar surface area (TPSA) is 29.1 Å². The van der Waals surface area contributed by atoms with E-state index in [4.69, 9.17) is 0 Å². The van der Waals surface area contributed by atoms with Gasteiger partial charge in [-0.15, -0.1) is 11.8 Å². The second-order valence-corrected chi connectivity index (χ2v) is 5.26. The highest BCUT2D eigenvalue weighted by Crippen LogP contribution is 2.22. The van der Waals surface area contributed by atoms with Gasteiger partial charge in [-0.25, -0.2) is 0 Å². The molecule has 1 fully saturated rings. The predicted molar refractivity (Wildman–Crippen MR) is 62.2 cm³/mol. The minimum atomic E-state index is 0.119. The first-order valence-corrected chi connectivity index (χ1v) is 6.27. The Hall–Kier alpha value is -0.440. The number of nitrogens with one attached hydrogen (secondary N) is 1. The first kappa shape index (κ1) is 11.6. The summed E-state index contributed by atoms with van der Waals surface area (Å²) in [6.07, 6.45) is 4.35. The molecule has 0 unspecified atom stereocenters. The van der Waals surface area contributed by atoms with Crippen LogP contribution in [-0.4, -0.2) is 17.7 Å². The molecule has 0 saturated heterocycles. The number of allylic oxidation sites excluding steroid dienone is 1. The fraction of sp³-hybridized carbons (Fsp3) is 0.727. The van der Waals surface area contributed by atoms with Gasteiger partial charge in [-0.1, -0.05) is 26.8 Å². The Labute approximate surface area is 90.5 Å². The summed E-state index contributed by atoms with van der Waals surface area (Å²) in [6.45, 7) is 6.27. The molecule has 0 aromatic carbocycles. The van der Waals surface area contributed by atoms with E-state index < -0.39 is 0 Å². The Morgan fingerprint density at radius 1 is 1.57 bits per heavy atom. The van der Waals surface area contributed by atoms with Crippen molar-refractivity contribution < 1.29 is 4.79 Å². The van der Waals surface area contributed by atoms with Gasteiger partial charge in [0.05, 0.1) is 4.91 Å². The summed E-state index contributed by atoms with van der Waals surface area (Å²) in [4.78, 5) is 12.6. The predicted octanol–water partition coefficient (Wildman–Crippen LogP) is 2.56. The lowest BCUT2D eigenvalue weighted by molar-refractivity contribution is -0.116. The van der Waals surface area contributed by atoms with Crippen molar-refractivity contribution in [3.05, 3.63) is 11.0 Å². The smallest absolute Gasteiger partial charge is 0.257 e. The van der Waals surface area contributed by atoms with Gasteiger partial charge in [0.1, 0.15) is 0 Å². The summed E-state index contributed by atoms with van der Waals surface area (Å²) in [5.74, 6) is 1.51. The Morgan fingerprint density at radius 2 is 2.21 bits per heavy atom. The molecule has 80 valence electrons. The van der Waals surface area contributed by atoms with E-state index in [1.54, 1.807) is 11.8 Å². The third kappa shape index (κ3) is 4.18. The van der Waals surface area contributed by atoms with Gasteiger partial charge < -0.3 is 5.32 Å². The summed E-state index contributed by atoms with van der Waals surface area (Å²) in [5.41, 5.74) is 0. The van der Waals surface area contributed by atoms with E-state index in [0.717, 1.165) is 23.5 Å². The van der Waals surface area contributed by atoms with Crippen LogP contribution in [0, 0.1) is 5.92 Å². The van der Waals surface area contributed by atoms with Crippen LogP contribution in [0.5, 0.6) is 0 Å². The van der Waals surface area contributed by atoms with Gasteiger partial charge in [0, 0.05) is 6.04 Å². The maximum atomic E-state index is 11.7. The van der Waals surface area contributed by atoms with Crippen LogP contribution >= 0.6 is 11.8 Å². The summed E-state index contributed by atoms with van der Waals surface area (Å²) in [5, 5.41) is 3.02. The molecule has 1 amide bonds. The molecule has 2 nitrogen and oxygen atoms in total. The number of thioether (sulfide) groups is 1. The number of carbonyl (C=O) groups excluding carboxylic acids is 1. The van der Waals surface area contributed by atoms with Crippen molar-refractivity contribution in [3.63, 3.8) is 0 Å². The van der Waals surface area contributed by atoms with Gasteiger partial charge >= 0.3 is 0 Å². The second kappa shape index (κ2) is 5.44. The summed E-state index contributed by atoms with van der Waals surface area (Å²) < 4.78 is 0. The summed E-state index contributed by atoms with van der Waals surface area (Å²) in [7, 11) is 0. The number of hydrogen-bond acceptors (Lipinski definition) is 2. The first-order valence-electron chi connectivity index (χ1n) is 5.29. The number of amides is 1. The molecule has 1 N–H and O–H groups in total. The zero-order valence-corrected chi connectivity index (χ0v) is 9.99. The second-order valence-electron chi connectivity index (χ2n) is 3.96. The van der Waals surface area contributed by atoms with Crippen molar-refractivity contribution in [1.29, 1.82) is 0 Å². The van der Waals surface area contributed by atoms with Gasteiger partial charge in [0.2, 0.25) is 0 Å². The van der Waals surface area contributed by atoms with Gasteiger partial charge in [-0.05, 0) is 24.5 Å². The molecule has 1 aliphatic rings. The quantitative estimate of drug-likeness (QED) is 0.711. The molecule has 1 saturated carbocycles. The Morgan fingerprint density at radius 3 is 2.64 bits per heavy atom. The molecule has 0 atom stereocenters. The standard InChI is InChI=1S/C11H19NOS/c1-4-14-10(7-8(2)3)11(13)12-9-5-6-9/h7-9H,4-6H2,1-3H3,(H,12,13)/b10-7-. The Balaban J connectivity index is 2.50. The SMILES string of the molecule is CCS/C(=C\C(C)C)C(=O)NC1CC1. The third-order valence-corrected chi connectivity index (χ3v) is 2.84. The van der Waals surface area contributed by atoms with Crippen molar-refractivity contribution in [2.24, 2.45) is 5.92 Å². The minimum absolute atomic E-state index is 0.119. The largest absolute Gasteiger partial charge is 0.349 e. The van der Waals surface area contributed by atoms with Crippen molar-refractivity contribution in [3.8, 4) is 0 Å². The van der Waals surface area contributed by atoms with E-state index in [0.29, 0.717) is 12.0 Å². The van der Waals surface area contributed by atoms with E-state index in [9.17, 15) is 4.79 Å². The molecule has 14 heavy (non-hydrogen) atoms. The molecule has 0 aromatic heterocycles. The summed E-state index contributed by atoms with van der Waals surface area (Å²) in [6, 6.07) is 0.454. The molecule has 3 heteroatoms. The van der Waals surface area contributed by atoms with Crippen LogP contribution in [0.4, 0.5) is 0 Å². The number of carbonyl (C=O) groups is 1.